The summed E-state index contributed by atoms with van der Waals surface area (Å²) in [5.41, 5.74) is 2.55. The standard InChI is InChI=1S/C26H24N6O3/c33-24(10-13-32-14-12-27-18-32)30-21-8-4-6-20(16-21)26(35)31-22-9-3-5-19(15-22)25(34)29-17-23-7-1-2-11-28-23/h1-9,11-12,14-16,18H,10,13,17H2,(H,29,34)(H,30,33)(H,31,35). The molecule has 0 saturated heterocycles. The average Bonchev–Trinajstić information content (AvgIpc) is 3.41. The number of aromatic nitrogens is 3. The van der Waals surface area contributed by atoms with Gasteiger partial charge in [0.2, 0.25) is 5.91 Å². The van der Waals surface area contributed by atoms with Crippen molar-refractivity contribution in [2.24, 2.45) is 0 Å². The number of benzene rings is 2. The molecule has 0 bridgehead atoms. The third-order valence-corrected chi connectivity index (χ3v) is 5.10. The van der Waals surface area contributed by atoms with Crippen LogP contribution in [0.15, 0.2) is 91.6 Å². The van der Waals surface area contributed by atoms with Gasteiger partial charge in [0.25, 0.3) is 11.8 Å². The Morgan fingerprint density at radius 3 is 2.23 bits per heavy atom. The Kier molecular flexibility index (Phi) is 7.59. The van der Waals surface area contributed by atoms with Crippen molar-refractivity contribution in [3.05, 3.63) is 108 Å². The molecule has 3 amide bonds. The summed E-state index contributed by atoms with van der Waals surface area (Å²) in [6.45, 7) is 0.814. The second-order valence-electron chi connectivity index (χ2n) is 7.72. The molecule has 0 spiro atoms. The van der Waals surface area contributed by atoms with Crippen LogP contribution in [-0.4, -0.2) is 32.3 Å². The van der Waals surface area contributed by atoms with Gasteiger partial charge in [0.05, 0.1) is 18.6 Å². The van der Waals surface area contributed by atoms with Gasteiger partial charge in [-0.2, -0.15) is 0 Å². The molecule has 9 nitrogen and oxygen atoms in total. The number of imidazole rings is 1. The molecule has 3 N–H and O–H groups in total. The van der Waals surface area contributed by atoms with Gasteiger partial charge in [-0.1, -0.05) is 18.2 Å². The minimum Gasteiger partial charge on any atom is -0.346 e. The van der Waals surface area contributed by atoms with Gasteiger partial charge >= 0.3 is 0 Å². The van der Waals surface area contributed by atoms with Crippen molar-refractivity contribution >= 4 is 29.1 Å². The van der Waals surface area contributed by atoms with E-state index in [1.54, 1.807) is 73.4 Å². The lowest BCUT2D eigenvalue weighted by Crippen LogP contribution is -2.23. The molecule has 2 aromatic heterocycles. The maximum absolute atomic E-state index is 12.8. The first-order chi connectivity index (χ1) is 17.1. The number of rotatable bonds is 9. The van der Waals surface area contributed by atoms with E-state index in [0.29, 0.717) is 35.6 Å². The highest BCUT2D eigenvalue weighted by Crippen LogP contribution is 2.16. The lowest BCUT2D eigenvalue weighted by Gasteiger charge is -2.10. The second kappa shape index (κ2) is 11.4. The zero-order valence-electron chi connectivity index (χ0n) is 18.8. The maximum Gasteiger partial charge on any atom is 0.255 e. The van der Waals surface area contributed by atoms with Gasteiger partial charge in [-0.05, 0) is 48.5 Å². The number of anilines is 2. The van der Waals surface area contributed by atoms with Crippen LogP contribution in [0.3, 0.4) is 0 Å². The SMILES string of the molecule is O=C(CCn1ccnc1)Nc1cccc(C(=O)Nc2cccc(C(=O)NCc3ccccn3)c2)c1. The number of pyridine rings is 1. The number of nitrogens with zero attached hydrogens (tertiary/aromatic N) is 3. The van der Waals surface area contributed by atoms with Crippen LogP contribution < -0.4 is 16.0 Å². The summed E-state index contributed by atoms with van der Waals surface area (Å²) in [4.78, 5) is 45.7. The first-order valence-electron chi connectivity index (χ1n) is 11.0. The quantitative estimate of drug-likeness (QED) is 0.348. The van der Waals surface area contributed by atoms with Gasteiger partial charge in [-0.25, -0.2) is 4.98 Å². The van der Waals surface area contributed by atoms with Crippen LogP contribution in [0.25, 0.3) is 0 Å². The van der Waals surface area contributed by atoms with Crippen molar-refractivity contribution in [3.63, 3.8) is 0 Å². The van der Waals surface area contributed by atoms with Crippen LogP contribution in [0, 0.1) is 0 Å². The molecule has 0 aliphatic heterocycles. The highest BCUT2D eigenvalue weighted by Gasteiger charge is 2.11. The largest absolute Gasteiger partial charge is 0.346 e. The number of hydrogen-bond acceptors (Lipinski definition) is 5. The summed E-state index contributed by atoms with van der Waals surface area (Å²) in [5.74, 6) is -0.793. The molecular weight excluding hydrogens is 444 g/mol. The molecule has 4 aromatic rings. The summed E-state index contributed by atoms with van der Waals surface area (Å²) in [6.07, 6.45) is 7.04. The zero-order valence-corrected chi connectivity index (χ0v) is 18.8. The third-order valence-electron chi connectivity index (χ3n) is 5.10. The van der Waals surface area contributed by atoms with Crippen LogP contribution in [0.1, 0.15) is 32.8 Å². The summed E-state index contributed by atoms with van der Waals surface area (Å²) in [7, 11) is 0. The summed E-state index contributed by atoms with van der Waals surface area (Å²) < 4.78 is 1.82. The predicted molar refractivity (Wildman–Crippen MR) is 132 cm³/mol. The molecule has 0 atom stereocenters. The molecule has 2 aromatic carbocycles. The molecule has 2 heterocycles. The van der Waals surface area contributed by atoms with E-state index < -0.39 is 0 Å². The van der Waals surface area contributed by atoms with Crippen LogP contribution in [0.4, 0.5) is 11.4 Å². The molecule has 0 fully saturated rings. The summed E-state index contributed by atoms with van der Waals surface area (Å²) in [5, 5.41) is 8.41. The normalized spacial score (nSPS) is 10.4. The highest BCUT2D eigenvalue weighted by atomic mass is 16.2. The first-order valence-corrected chi connectivity index (χ1v) is 11.0. The Balaban J connectivity index is 1.33. The number of hydrogen-bond donors (Lipinski definition) is 3. The van der Waals surface area contributed by atoms with Gasteiger partial charge in [-0.15, -0.1) is 0 Å². The smallest absolute Gasteiger partial charge is 0.255 e. The topological polar surface area (TPSA) is 118 Å². The fourth-order valence-electron chi connectivity index (χ4n) is 3.33. The van der Waals surface area contributed by atoms with E-state index in [2.05, 4.69) is 25.9 Å². The Bertz CT molecular complexity index is 1310. The molecule has 176 valence electrons. The van der Waals surface area contributed by atoms with E-state index in [-0.39, 0.29) is 24.1 Å². The van der Waals surface area contributed by atoms with Crippen LogP contribution in [-0.2, 0) is 17.9 Å². The molecule has 35 heavy (non-hydrogen) atoms. The third kappa shape index (κ3) is 6.84. The van der Waals surface area contributed by atoms with Gasteiger partial charge in [0.15, 0.2) is 0 Å². The fourth-order valence-corrected chi connectivity index (χ4v) is 3.33. The Labute approximate surface area is 202 Å². The monoisotopic (exact) mass is 468 g/mol. The van der Waals surface area contributed by atoms with Crippen molar-refractivity contribution in [3.8, 4) is 0 Å². The minimum atomic E-state index is -0.356. The van der Waals surface area contributed by atoms with Crippen molar-refractivity contribution in [1.82, 2.24) is 19.9 Å². The molecule has 0 aliphatic rings. The van der Waals surface area contributed by atoms with Crippen LogP contribution >= 0.6 is 0 Å². The Morgan fingerprint density at radius 1 is 0.800 bits per heavy atom. The van der Waals surface area contributed by atoms with Crippen molar-refractivity contribution < 1.29 is 14.4 Å². The van der Waals surface area contributed by atoms with Gasteiger partial charge in [-0.3, -0.25) is 19.4 Å². The van der Waals surface area contributed by atoms with Gasteiger partial charge in [0.1, 0.15) is 0 Å². The minimum absolute atomic E-state index is 0.166. The number of amides is 3. The number of carbonyl (C=O) groups is 3. The van der Waals surface area contributed by atoms with E-state index in [4.69, 9.17) is 0 Å². The molecule has 0 radical (unpaired) electrons. The molecule has 0 aliphatic carbocycles. The van der Waals surface area contributed by atoms with Crippen molar-refractivity contribution in [2.75, 3.05) is 10.6 Å². The van der Waals surface area contributed by atoms with E-state index in [1.165, 1.54) is 0 Å². The first kappa shape index (κ1) is 23.4. The zero-order chi connectivity index (χ0) is 24.5. The van der Waals surface area contributed by atoms with E-state index >= 15 is 0 Å². The Morgan fingerprint density at radius 2 is 1.54 bits per heavy atom. The summed E-state index contributed by atoms with van der Waals surface area (Å²) >= 11 is 0. The summed E-state index contributed by atoms with van der Waals surface area (Å²) in [6, 6.07) is 18.8. The Hall–Kier alpha value is -4.79. The molecule has 9 heteroatoms. The van der Waals surface area contributed by atoms with Gasteiger partial charge in [0, 0.05) is 54.1 Å². The maximum atomic E-state index is 12.8. The lowest BCUT2D eigenvalue weighted by molar-refractivity contribution is -0.116. The van der Waals surface area contributed by atoms with Crippen LogP contribution in [0.2, 0.25) is 0 Å². The molecule has 4 rings (SSSR count). The van der Waals surface area contributed by atoms with E-state index in [0.717, 1.165) is 5.69 Å². The number of carbonyl (C=O) groups excluding carboxylic acids is 3. The molecular formula is C26H24N6O3. The van der Waals surface area contributed by atoms with Crippen molar-refractivity contribution in [2.45, 2.75) is 19.5 Å². The molecule has 0 saturated carbocycles. The second-order valence-corrected chi connectivity index (χ2v) is 7.72. The molecule has 0 unspecified atom stereocenters. The van der Waals surface area contributed by atoms with Crippen LogP contribution in [0.5, 0.6) is 0 Å². The highest BCUT2D eigenvalue weighted by molar-refractivity contribution is 6.06. The predicted octanol–water partition coefficient (Wildman–Crippen LogP) is 3.49. The van der Waals surface area contributed by atoms with E-state index in [1.807, 2.05) is 22.8 Å². The average molecular weight is 469 g/mol. The van der Waals surface area contributed by atoms with E-state index in [9.17, 15) is 14.4 Å². The lowest BCUT2D eigenvalue weighted by atomic mass is 10.1. The number of aryl methyl sites for hydroxylation is 1. The number of nitrogens with one attached hydrogen (secondary N) is 3. The van der Waals surface area contributed by atoms with Gasteiger partial charge < -0.3 is 20.5 Å². The van der Waals surface area contributed by atoms with Crippen molar-refractivity contribution in [1.29, 1.82) is 0 Å². The fraction of sp³-hybridized carbons (Fsp3) is 0.115.